The summed E-state index contributed by atoms with van der Waals surface area (Å²) in [6.45, 7) is 13.0. The molecule has 90 valence electrons. The second-order valence-corrected chi connectivity index (χ2v) is 5.42. The summed E-state index contributed by atoms with van der Waals surface area (Å²) in [6.07, 6.45) is 3.96. The minimum absolute atomic E-state index is 0.719. The fourth-order valence-corrected chi connectivity index (χ4v) is 2.27. The van der Waals surface area contributed by atoms with E-state index in [1.807, 2.05) is 0 Å². The summed E-state index contributed by atoms with van der Waals surface area (Å²) in [6, 6.07) is 1.45. The van der Waals surface area contributed by atoms with Gasteiger partial charge in [-0.1, -0.05) is 27.2 Å². The molecular formula is C13H28N2. The Bertz CT molecular complexity index is 168. The van der Waals surface area contributed by atoms with E-state index in [-0.39, 0.29) is 0 Å². The Hall–Kier alpha value is -0.0800. The highest BCUT2D eigenvalue weighted by atomic mass is 15.2. The molecule has 2 nitrogen and oxygen atoms in total. The second-order valence-electron chi connectivity index (χ2n) is 5.42. The maximum Gasteiger partial charge on any atom is 0.0195 e. The summed E-state index contributed by atoms with van der Waals surface area (Å²) in [5, 5.41) is 3.65. The van der Waals surface area contributed by atoms with Crippen LogP contribution in [0.5, 0.6) is 0 Å². The first-order valence-electron chi connectivity index (χ1n) is 6.61. The molecule has 2 heteroatoms. The van der Waals surface area contributed by atoms with Crippen molar-refractivity contribution in [2.75, 3.05) is 19.6 Å². The normalized spacial score (nSPS) is 28.6. The van der Waals surface area contributed by atoms with Crippen molar-refractivity contribution >= 4 is 0 Å². The standard InChI is InChI=1S/C13H28N2/c1-5-6-13-10-15(8-7-11(2)3)12(4)9-14-13/h11-14H,5-10H2,1-4H3. The van der Waals surface area contributed by atoms with Crippen molar-refractivity contribution in [3.8, 4) is 0 Å². The van der Waals surface area contributed by atoms with Crippen LogP contribution in [0.3, 0.4) is 0 Å². The molecule has 0 aliphatic carbocycles. The van der Waals surface area contributed by atoms with Gasteiger partial charge in [0.1, 0.15) is 0 Å². The molecule has 1 rings (SSSR count). The van der Waals surface area contributed by atoms with E-state index in [0.717, 1.165) is 18.0 Å². The van der Waals surface area contributed by atoms with Crippen LogP contribution >= 0.6 is 0 Å². The van der Waals surface area contributed by atoms with E-state index in [2.05, 4.69) is 37.9 Å². The number of nitrogens with one attached hydrogen (secondary N) is 1. The van der Waals surface area contributed by atoms with Gasteiger partial charge in [0.2, 0.25) is 0 Å². The Morgan fingerprint density at radius 3 is 2.73 bits per heavy atom. The zero-order valence-corrected chi connectivity index (χ0v) is 10.9. The Balaban J connectivity index is 2.32. The van der Waals surface area contributed by atoms with Crippen LogP contribution < -0.4 is 5.32 Å². The van der Waals surface area contributed by atoms with Crippen molar-refractivity contribution in [2.24, 2.45) is 5.92 Å². The fourth-order valence-electron chi connectivity index (χ4n) is 2.27. The van der Waals surface area contributed by atoms with Crippen LogP contribution in [0.4, 0.5) is 0 Å². The van der Waals surface area contributed by atoms with Crippen molar-refractivity contribution in [2.45, 2.75) is 59.0 Å². The summed E-state index contributed by atoms with van der Waals surface area (Å²) in [5.74, 6) is 0.830. The topological polar surface area (TPSA) is 15.3 Å². The second kappa shape index (κ2) is 6.49. The summed E-state index contributed by atoms with van der Waals surface area (Å²) < 4.78 is 0. The first-order chi connectivity index (χ1) is 7.13. The van der Waals surface area contributed by atoms with Gasteiger partial charge in [0.25, 0.3) is 0 Å². The van der Waals surface area contributed by atoms with Gasteiger partial charge in [-0.2, -0.15) is 0 Å². The molecule has 1 aliphatic heterocycles. The number of piperazine rings is 1. The molecule has 0 aromatic carbocycles. The number of rotatable bonds is 5. The average molecular weight is 212 g/mol. The molecule has 1 fully saturated rings. The van der Waals surface area contributed by atoms with Gasteiger partial charge < -0.3 is 5.32 Å². The minimum Gasteiger partial charge on any atom is -0.311 e. The van der Waals surface area contributed by atoms with Crippen LogP contribution in [-0.2, 0) is 0 Å². The van der Waals surface area contributed by atoms with Gasteiger partial charge >= 0.3 is 0 Å². The molecular weight excluding hydrogens is 184 g/mol. The molecule has 1 saturated heterocycles. The highest BCUT2D eigenvalue weighted by Crippen LogP contribution is 2.12. The summed E-state index contributed by atoms with van der Waals surface area (Å²) >= 11 is 0. The highest BCUT2D eigenvalue weighted by Gasteiger charge is 2.23. The molecule has 0 aromatic rings. The van der Waals surface area contributed by atoms with E-state index in [1.165, 1.54) is 38.9 Å². The van der Waals surface area contributed by atoms with Gasteiger partial charge in [-0.25, -0.2) is 0 Å². The van der Waals surface area contributed by atoms with Crippen LogP contribution in [-0.4, -0.2) is 36.6 Å². The molecule has 2 atom stereocenters. The molecule has 0 amide bonds. The molecule has 1 heterocycles. The highest BCUT2D eigenvalue weighted by molar-refractivity contribution is 4.83. The van der Waals surface area contributed by atoms with Gasteiger partial charge in [0, 0.05) is 25.2 Å². The zero-order valence-electron chi connectivity index (χ0n) is 10.9. The maximum absolute atomic E-state index is 3.65. The van der Waals surface area contributed by atoms with Crippen LogP contribution in [0, 0.1) is 5.92 Å². The molecule has 15 heavy (non-hydrogen) atoms. The van der Waals surface area contributed by atoms with Gasteiger partial charge in [0.05, 0.1) is 0 Å². The molecule has 2 unspecified atom stereocenters. The van der Waals surface area contributed by atoms with E-state index in [9.17, 15) is 0 Å². The SMILES string of the molecule is CCCC1CN(CCC(C)C)C(C)CN1. The minimum atomic E-state index is 0.719. The molecule has 1 N–H and O–H groups in total. The summed E-state index contributed by atoms with van der Waals surface area (Å²) in [5.41, 5.74) is 0. The van der Waals surface area contributed by atoms with Crippen LogP contribution in [0.15, 0.2) is 0 Å². The van der Waals surface area contributed by atoms with E-state index < -0.39 is 0 Å². The lowest BCUT2D eigenvalue weighted by atomic mass is 10.0. The van der Waals surface area contributed by atoms with Crippen molar-refractivity contribution in [3.05, 3.63) is 0 Å². The molecule has 0 aromatic heterocycles. The zero-order chi connectivity index (χ0) is 11.3. The molecule has 0 radical (unpaired) electrons. The third kappa shape index (κ3) is 4.52. The number of hydrogen-bond acceptors (Lipinski definition) is 2. The largest absolute Gasteiger partial charge is 0.311 e. The van der Waals surface area contributed by atoms with Crippen LogP contribution in [0.2, 0.25) is 0 Å². The van der Waals surface area contributed by atoms with Gasteiger partial charge in [-0.3, -0.25) is 4.90 Å². The van der Waals surface area contributed by atoms with Crippen molar-refractivity contribution < 1.29 is 0 Å². The number of hydrogen-bond donors (Lipinski definition) is 1. The monoisotopic (exact) mass is 212 g/mol. The lowest BCUT2D eigenvalue weighted by Crippen LogP contribution is -2.55. The van der Waals surface area contributed by atoms with Crippen LogP contribution in [0.1, 0.15) is 47.0 Å². The smallest absolute Gasteiger partial charge is 0.0195 e. The Morgan fingerprint density at radius 1 is 1.40 bits per heavy atom. The van der Waals surface area contributed by atoms with E-state index in [0.29, 0.717) is 0 Å². The van der Waals surface area contributed by atoms with Crippen molar-refractivity contribution in [1.29, 1.82) is 0 Å². The summed E-state index contributed by atoms with van der Waals surface area (Å²) in [7, 11) is 0. The predicted octanol–water partition coefficient (Wildman–Crippen LogP) is 2.49. The number of nitrogens with zero attached hydrogens (tertiary/aromatic N) is 1. The first kappa shape index (κ1) is 13.0. The lowest BCUT2D eigenvalue weighted by molar-refractivity contribution is 0.130. The van der Waals surface area contributed by atoms with Crippen molar-refractivity contribution in [1.82, 2.24) is 10.2 Å². The van der Waals surface area contributed by atoms with Gasteiger partial charge in [-0.15, -0.1) is 0 Å². The lowest BCUT2D eigenvalue weighted by Gasteiger charge is -2.39. The first-order valence-corrected chi connectivity index (χ1v) is 6.61. The quantitative estimate of drug-likeness (QED) is 0.753. The molecule has 0 spiro atoms. The van der Waals surface area contributed by atoms with Crippen LogP contribution in [0.25, 0.3) is 0 Å². The van der Waals surface area contributed by atoms with Gasteiger partial charge in [-0.05, 0) is 32.2 Å². The Kier molecular flexibility index (Phi) is 5.62. The third-order valence-corrected chi connectivity index (χ3v) is 3.41. The van der Waals surface area contributed by atoms with E-state index >= 15 is 0 Å². The Morgan fingerprint density at radius 2 is 2.13 bits per heavy atom. The van der Waals surface area contributed by atoms with E-state index in [1.54, 1.807) is 0 Å². The average Bonchev–Trinajstić information content (AvgIpc) is 2.19. The molecule has 0 bridgehead atoms. The van der Waals surface area contributed by atoms with Crippen molar-refractivity contribution in [3.63, 3.8) is 0 Å². The maximum atomic E-state index is 3.65. The fraction of sp³-hybridized carbons (Fsp3) is 1.00. The predicted molar refractivity (Wildman–Crippen MR) is 67.2 cm³/mol. The third-order valence-electron chi connectivity index (χ3n) is 3.41. The molecule has 0 saturated carbocycles. The Labute approximate surface area is 95.4 Å². The van der Waals surface area contributed by atoms with E-state index in [4.69, 9.17) is 0 Å². The molecule has 1 aliphatic rings. The van der Waals surface area contributed by atoms with Gasteiger partial charge in [0.15, 0.2) is 0 Å². The summed E-state index contributed by atoms with van der Waals surface area (Å²) in [4.78, 5) is 2.66.